The summed E-state index contributed by atoms with van der Waals surface area (Å²) in [5.74, 6) is -0.315. The molecule has 6 atom stereocenters. The van der Waals surface area contributed by atoms with E-state index in [2.05, 4.69) is 13.8 Å². The second-order valence-electron chi connectivity index (χ2n) is 12.3. The highest BCUT2D eigenvalue weighted by molar-refractivity contribution is 5.69. The number of aliphatic hydroxyl groups is 4. The first-order valence-electron chi connectivity index (χ1n) is 17.6. The van der Waals surface area contributed by atoms with Gasteiger partial charge in [0.2, 0.25) is 0 Å². The van der Waals surface area contributed by atoms with E-state index < -0.39 is 43.4 Å². The molecular formula is C34H66O9. The monoisotopic (exact) mass is 618 g/mol. The van der Waals surface area contributed by atoms with Gasteiger partial charge in [0.1, 0.15) is 30.5 Å². The molecule has 1 rings (SSSR count). The minimum absolute atomic E-state index is 0.107. The highest BCUT2D eigenvalue weighted by Gasteiger charge is 2.44. The second-order valence-corrected chi connectivity index (χ2v) is 12.3. The molecule has 0 aromatic rings. The Morgan fingerprint density at radius 1 is 0.651 bits per heavy atom. The van der Waals surface area contributed by atoms with Crippen LogP contribution in [0.3, 0.4) is 0 Å². The van der Waals surface area contributed by atoms with E-state index in [1.54, 1.807) is 0 Å². The highest BCUT2D eigenvalue weighted by atomic mass is 16.7. The van der Waals surface area contributed by atoms with Crippen LogP contribution in [0.15, 0.2) is 0 Å². The summed E-state index contributed by atoms with van der Waals surface area (Å²) in [6.45, 7) is 4.53. The predicted molar refractivity (Wildman–Crippen MR) is 169 cm³/mol. The van der Waals surface area contributed by atoms with Gasteiger partial charge >= 0.3 is 5.97 Å². The molecule has 0 aromatic heterocycles. The lowest BCUT2D eigenvalue weighted by molar-refractivity contribution is -0.305. The third-order valence-corrected chi connectivity index (χ3v) is 8.27. The molecule has 9 heteroatoms. The largest absolute Gasteiger partial charge is 0.457 e. The molecule has 1 aliphatic heterocycles. The SMILES string of the molecule is CCCCCCCCCCCCOCC(COC1OC(CO)C(O)C(O)C1O)OC(=O)CCCCCCCCCCCC. The summed E-state index contributed by atoms with van der Waals surface area (Å²) in [6.07, 6.45) is 17.0. The minimum Gasteiger partial charge on any atom is -0.457 e. The van der Waals surface area contributed by atoms with Crippen LogP contribution in [0.2, 0.25) is 0 Å². The Bertz CT molecular complexity index is 633. The summed E-state index contributed by atoms with van der Waals surface area (Å²) in [5.41, 5.74) is 0. The molecule has 43 heavy (non-hydrogen) atoms. The van der Waals surface area contributed by atoms with E-state index in [4.69, 9.17) is 18.9 Å². The fourth-order valence-corrected chi connectivity index (χ4v) is 5.43. The number of ether oxygens (including phenoxy) is 4. The van der Waals surface area contributed by atoms with Crippen LogP contribution in [0.5, 0.6) is 0 Å². The van der Waals surface area contributed by atoms with Crippen molar-refractivity contribution in [2.75, 3.05) is 26.4 Å². The molecule has 6 unspecified atom stereocenters. The van der Waals surface area contributed by atoms with Gasteiger partial charge < -0.3 is 39.4 Å². The van der Waals surface area contributed by atoms with E-state index in [0.717, 1.165) is 32.1 Å². The first-order valence-corrected chi connectivity index (χ1v) is 17.6. The van der Waals surface area contributed by atoms with Crippen LogP contribution in [0.1, 0.15) is 149 Å². The minimum atomic E-state index is -1.53. The number of esters is 1. The summed E-state index contributed by atoms with van der Waals surface area (Å²) in [4.78, 5) is 12.6. The van der Waals surface area contributed by atoms with Crippen molar-refractivity contribution in [2.45, 2.75) is 185 Å². The molecule has 1 aliphatic rings. The van der Waals surface area contributed by atoms with Crippen molar-refractivity contribution in [3.8, 4) is 0 Å². The average Bonchev–Trinajstić information content (AvgIpc) is 3.00. The Kier molecular flexibility index (Phi) is 25.7. The Labute approximate surface area is 262 Å². The molecule has 4 N–H and O–H groups in total. The smallest absolute Gasteiger partial charge is 0.306 e. The van der Waals surface area contributed by atoms with Crippen molar-refractivity contribution in [3.05, 3.63) is 0 Å². The maximum atomic E-state index is 12.6. The summed E-state index contributed by atoms with van der Waals surface area (Å²) < 4.78 is 22.6. The zero-order valence-electron chi connectivity index (χ0n) is 27.5. The van der Waals surface area contributed by atoms with Crippen molar-refractivity contribution < 1.29 is 44.2 Å². The zero-order chi connectivity index (χ0) is 31.5. The third kappa shape index (κ3) is 20.0. The van der Waals surface area contributed by atoms with Crippen LogP contribution in [0.4, 0.5) is 0 Å². The van der Waals surface area contributed by atoms with Gasteiger partial charge in [-0.25, -0.2) is 0 Å². The van der Waals surface area contributed by atoms with Crippen molar-refractivity contribution in [3.63, 3.8) is 0 Å². The molecule has 1 saturated heterocycles. The lowest BCUT2D eigenvalue weighted by Gasteiger charge is -2.39. The van der Waals surface area contributed by atoms with Gasteiger partial charge in [0, 0.05) is 13.0 Å². The van der Waals surface area contributed by atoms with Crippen molar-refractivity contribution in [1.29, 1.82) is 0 Å². The fourth-order valence-electron chi connectivity index (χ4n) is 5.43. The van der Waals surface area contributed by atoms with Gasteiger partial charge in [0.15, 0.2) is 6.29 Å². The Hall–Kier alpha value is -0.810. The van der Waals surface area contributed by atoms with Gasteiger partial charge in [-0.1, -0.05) is 129 Å². The van der Waals surface area contributed by atoms with Crippen molar-refractivity contribution >= 4 is 5.97 Å². The Balaban J connectivity index is 2.37. The number of hydrogen-bond donors (Lipinski definition) is 4. The van der Waals surface area contributed by atoms with Crippen molar-refractivity contribution in [1.82, 2.24) is 0 Å². The van der Waals surface area contributed by atoms with Gasteiger partial charge in [0.05, 0.1) is 19.8 Å². The topological polar surface area (TPSA) is 135 Å². The number of carbonyl (C=O) groups excluding carboxylic acids is 1. The molecule has 1 heterocycles. The first-order chi connectivity index (χ1) is 20.9. The Morgan fingerprint density at radius 2 is 1.14 bits per heavy atom. The van der Waals surface area contributed by atoms with Crippen LogP contribution >= 0.6 is 0 Å². The van der Waals surface area contributed by atoms with E-state index in [-0.39, 0.29) is 19.2 Å². The molecular weight excluding hydrogens is 552 g/mol. The summed E-state index contributed by atoms with van der Waals surface area (Å²) in [5, 5.41) is 39.8. The normalized spacial score (nSPS) is 23.0. The van der Waals surface area contributed by atoms with Gasteiger partial charge in [-0.05, 0) is 12.8 Å². The molecule has 0 bridgehead atoms. The standard InChI is InChI=1S/C34H66O9/c1-3-5-7-9-11-13-15-17-19-21-23-30(36)42-28(26-40-24-22-20-18-16-14-12-10-8-6-4-2)27-41-34-33(39)32(38)31(37)29(25-35)43-34/h28-29,31-35,37-39H,3-27H2,1-2H3. The maximum Gasteiger partial charge on any atom is 0.306 e. The number of hydrogen-bond acceptors (Lipinski definition) is 9. The maximum absolute atomic E-state index is 12.6. The molecule has 0 radical (unpaired) electrons. The Morgan fingerprint density at radius 3 is 1.65 bits per heavy atom. The highest BCUT2D eigenvalue weighted by Crippen LogP contribution is 2.22. The van der Waals surface area contributed by atoms with E-state index in [0.29, 0.717) is 13.0 Å². The van der Waals surface area contributed by atoms with E-state index in [1.165, 1.54) is 96.3 Å². The van der Waals surface area contributed by atoms with Crippen LogP contribution in [-0.2, 0) is 23.7 Å². The van der Waals surface area contributed by atoms with Gasteiger partial charge in [-0.15, -0.1) is 0 Å². The molecule has 9 nitrogen and oxygen atoms in total. The average molecular weight is 619 g/mol. The lowest BCUT2D eigenvalue weighted by Crippen LogP contribution is -2.59. The summed E-state index contributed by atoms with van der Waals surface area (Å²) in [6, 6.07) is 0. The lowest BCUT2D eigenvalue weighted by atomic mass is 9.99. The molecule has 0 aromatic carbocycles. The molecule has 0 amide bonds. The van der Waals surface area contributed by atoms with Crippen LogP contribution in [0.25, 0.3) is 0 Å². The number of aliphatic hydroxyl groups excluding tert-OH is 4. The molecule has 0 saturated carbocycles. The molecule has 0 spiro atoms. The van der Waals surface area contributed by atoms with E-state index >= 15 is 0 Å². The molecule has 0 aliphatic carbocycles. The van der Waals surface area contributed by atoms with E-state index in [9.17, 15) is 25.2 Å². The zero-order valence-corrected chi connectivity index (χ0v) is 27.5. The van der Waals surface area contributed by atoms with Crippen molar-refractivity contribution in [2.24, 2.45) is 0 Å². The fraction of sp³-hybridized carbons (Fsp3) is 0.971. The first kappa shape index (κ1) is 40.2. The van der Waals surface area contributed by atoms with Crippen LogP contribution in [0, 0.1) is 0 Å². The quantitative estimate of drug-likeness (QED) is 0.0591. The van der Waals surface area contributed by atoms with Crippen LogP contribution in [-0.4, -0.2) is 89.6 Å². The predicted octanol–water partition coefficient (Wildman–Crippen LogP) is 5.96. The number of carbonyl (C=O) groups is 1. The molecule has 1 fully saturated rings. The number of unbranched alkanes of at least 4 members (excludes halogenated alkanes) is 18. The summed E-state index contributed by atoms with van der Waals surface area (Å²) >= 11 is 0. The molecule has 256 valence electrons. The second kappa shape index (κ2) is 27.5. The summed E-state index contributed by atoms with van der Waals surface area (Å²) in [7, 11) is 0. The van der Waals surface area contributed by atoms with Crippen LogP contribution < -0.4 is 0 Å². The van der Waals surface area contributed by atoms with Gasteiger partial charge in [-0.2, -0.15) is 0 Å². The number of rotatable bonds is 29. The van der Waals surface area contributed by atoms with Gasteiger partial charge in [0.25, 0.3) is 0 Å². The third-order valence-electron chi connectivity index (χ3n) is 8.27. The van der Waals surface area contributed by atoms with Gasteiger partial charge in [-0.3, -0.25) is 4.79 Å². The van der Waals surface area contributed by atoms with E-state index in [1.807, 2.05) is 0 Å².